The van der Waals surface area contributed by atoms with Gasteiger partial charge in [0.25, 0.3) is 0 Å². The summed E-state index contributed by atoms with van der Waals surface area (Å²) in [7, 11) is 1.54. The number of halogens is 3. The van der Waals surface area contributed by atoms with Crippen LogP contribution in [0.3, 0.4) is 0 Å². The Hall–Kier alpha value is -1.64. The lowest BCUT2D eigenvalue weighted by molar-refractivity contribution is 0.412. The maximum atomic E-state index is 12.5. The van der Waals surface area contributed by atoms with E-state index in [2.05, 4.69) is 21.0 Å². The zero-order valence-electron chi connectivity index (χ0n) is 11.7. The minimum Gasteiger partial charge on any atom is -0.495 e. The van der Waals surface area contributed by atoms with Gasteiger partial charge in [-0.05, 0) is 33.6 Å². The second kappa shape index (κ2) is 8.11. The fourth-order valence-corrected chi connectivity index (χ4v) is 2.17. The van der Waals surface area contributed by atoms with E-state index in [1.165, 1.54) is 18.0 Å². The zero-order chi connectivity index (χ0) is 15.4. The summed E-state index contributed by atoms with van der Waals surface area (Å²) >= 11 is 3.34. The number of rotatable bonds is 5. The highest BCUT2D eigenvalue weighted by Gasteiger charge is 2.10. The van der Waals surface area contributed by atoms with Crippen molar-refractivity contribution in [1.29, 1.82) is 0 Å². The van der Waals surface area contributed by atoms with Crippen molar-refractivity contribution >= 4 is 28.3 Å². The van der Waals surface area contributed by atoms with Gasteiger partial charge < -0.3 is 10.5 Å². The van der Waals surface area contributed by atoms with Crippen LogP contribution in [-0.4, -0.2) is 28.0 Å². The Morgan fingerprint density at radius 3 is 2.86 bits per heavy atom. The molecule has 0 unspecified atom stereocenters. The predicted molar refractivity (Wildman–Crippen MR) is 87.6 cm³/mol. The standard InChI is InChI=1S/C13H14BrFN4O2.ClH/c1-21-12-4-10(2-3-11(12)14)18-8-17-19(13(18)20)7-9(5-15)6-16;/h2-5,8H,6-7,16H2,1H3;1H/b9-5+;. The van der Waals surface area contributed by atoms with Gasteiger partial charge in [-0.2, -0.15) is 5.10 Å². The molecule has 1 aromatic heterocycles. The monoisotopic (exact) mass is 392 g/mol. The van der Waals surface area contributed by atoms with Gasteiger partial charge in [0.15, 0.2) is 0 Å². The van der Waals surface area contributed by atoms with Gasteiger partial charge >= 0.3 is 5.69 Å². The van der Waals surface area contributed by atoms with E-state index in [9.17, 15) is 9.18 Å². The third-order valence-corrected chi connectivity index (χ3v) is 3.57. The van der Waals surface area contributed by atoms with Gasteiger partial charge in [0, 0.05) is 12.6 Å². The van der Waals surface area contributed by atoms with Crippen LogP contribution in [0.4, 0.5) is 4.39 Å². The Morgan fingerprint density at radius 1 is 1.55 bits per heavy atom. The molecule has 2 N–H and O–H groups in total. The normalized spacial score (nSPS) is 11.2. The van der Waals surface area contributed by atoms with Crippen LogP contribution in [0, 0.1) is 0 Å². The van der Waals surface area contributed by atoms with E-state index >= 15 is 0 Å². The van der Waals surface area contributed by atoms with Crippen LogP contribution in [0.15, 0.2) is 45.7 Å². The number of ether oxygens (including phenoxy) is 1. The highest BCUT2D eigenvalue weighted by Crippen LogP contribution is 2.26. The molecule has 120 valence electrons. The largest absolute Gasteiger partial charge is 0.495 e. The first-order valence-electron chi connectivity index (χ1n) is 6.07. The van der Waals surface area contributed by atoms with Crippen LogP contribution in [0.2, 0.25) is 0 Å². The Labute approximate surface area is 140 Å². The molecule has 0 aliphatic rings. The highest BCUT2D eigenvalue weighted by molar-refractivity contribution is 9.10. The molecule has 0 aliphatic heterocycles. The van der Waals surface area contributed by atoms with E-state index in [4.69, 9.17) is 10.5 Å². The molecule has 0 saturated carbocycles. The summed E-state index contributed by atoms with van der Waals surface area (Å²) in [4.78, 5) is 12.2. The first kappa shape index (κ1) is 18.4. The molecule has 22 heavy (non-hydrogen) atoms. The smallest absolute Gasteiger partial charge is 0.350 e. The van der Waals surface area contributed by atoms with E-state index in [1.807, 2.05) is 0 Å². The van der Waals surface area contributed by atoms with E-state index in [0.29, 0.717) is 17.8 Å². The fraction of sp³-hybridized carbons (Fsp3) is 0.231. The van der Waals surface area contributed by atoms with Crippen molar-refractivity contribution in [2.45, 2.75) is 6.54 Å². The lowest BCUT2D eigenvalue weighted by atomic mass is 10.3. The summed E-state index contributed by atoms with van der Waals surface area (Å²) in [6.45, 7) is 0.0500. The zero-order valence-corrected chi connectivity index (χ0v) is 14.1. The molecule has 0 fully saturated rings. The van der Waals surface area contributed by atoms with Crippen LogP contribution in [0.5, 0.6) is 5.75 Å². The van der Waals surface area contributed by atoms with E-state index in [-0.39, 0.29) is 36.8 Å². The van der Waals surface area contributed by atoms with Gasteiger partial charge in [-0.1, -0.05) is 0 Å². The molecule has 9 heteroatoms. The molecule has 0 spiro atoms. The average molecular weight is 394 g/mol. The van der Waals surface area contributed by atoms with E-state index in [1.54, 1.807) is 18.2 Å². The van der Waals surface area contributed by atoms with Crippen LogP contribution >= 0.6 is 28.3 Å². The molecule has 0 aliphatic carbocycles. The fourth-order valence-electron chi connectivity index (χ4n) is 1.76. The quantitative estimate of drug-likeness (QED) is 0.843. The van der Waals surface area contributed by atoms with Crippen LogP contribution in [0.1, 0.15) is 0 Å². The van der Waals surface area contributed by atoms with Crippen LogP contribution in [-0.2, 0) is 6.54 Å². The molecular weight excluding hydrogens is 379 g/mol. The third-order valence-electron chi connectivity index (χ3n) is 2.92. The van der Waals surface area contributed by atoms with Crippen LogP contribution < -0.4 is 16.2 Å². The molecule has 6 nitrogen and oxygen atoms in total. The topological polar surface area (TPSA) is 75.1 Å². The van der Waals surface area contributed by atoms with Crippen molar-refractivity contribution in [3.63, 3.8) is 0 Å². The predicted octanol–water partition coefficient (Wildman–Crippen LogP) is 2.04. The molecule has 0 bridgehead atoms. The molecule has 0 saturated heterocycles. The number of nitrogens with zero attached hydrogens (tertiary/aromatic N) is 3. The Balaban J connectivity index is 0.00000242. The summed E-state index contributed by atoms with van der Waals surface area (Å²) in [5.41, 5.74) is 5.88. The number of hydrogen-bond donors (Lipinski definition) is 1. The van der Waals surface area contributed by atoms with Crippen molar-refractivity contribution in [3.05, 3.63) is 51.4 Å². The second-order valence-electron chi connectivity index (χ2n) is 4.23. The van der Waals surface area contributed by atoms with Crippen molar-refractivity contribution < 1.29 is 9.13 Å². The molecule has 2 aromatic rings. The van der Waals surface area contributed by atoms with Crippen LogP contribution in [0.25, 0.3) is 5.69 Å². The average Bonchev–Trinajstić information content (AvgIpc) is 2.86. The minimum absolute atomic E-state index is 0. The summed E-state index contributed by atoms with van der Waals surface area (Å²) < 4.78 is 21.0. The lowest BCUT2D eigenvalue weighted by Crippen LogP contribution is -2.25. The first-order valence-corrected chi connectivity index (χ1v) is 6.86. The number of aromatic nitrogens is 3. The van der Waals surface area contributed by atoms with Gasteiger partial charge in [-0.15, -0.1) is 12.4 Å². The minimum atomic E-state index is -0.382. The molecule has 0 atom stereocenters. The summed E-state index contributed by atoms with van der Waals surface area (Å²) in [5, 5.41) is 3.96. The van der Waals surface area contributed by atoms with Gasteiger partial charge in [-0.25, -0.2) is 18.4 Å². The van der Waals surface area contributed by atoms with Gasteiger partial charge in [0.1, 0.15) is 12.1 Å². The van der Waals surface area contributed by atoms with Crippen molar-refractivity contribution in [2.75, 3.05) is 13.7 Å². The molecule has 2 rings (SSSR count). The van der Waals surface area contributed by atoms with E-state index < -0.39 is 0 Å². The Bertz CT molecular complexity index is 729. The molecule has 1 heterocycles. The first-order chi connectivity index (χ1) is 10.1. The maximum absolute atomic E-state index is 12.5. The summed E-state index contributed by atoms with van der Waals surface area (Å²) in [5.74, 6) is 0.596. The second-order valence-corrected chi connectivity index (χ2v) is 5.09. The van der Waals surface area contributed by atoms with Crippen molar-refractivity contribution in [3.8, 4) is 11.4 Å². The molecule has 0 amide bonds. The highest BCUT2D eigenvalue weighted by atomic mass is 79.9. The number of nitrogens with two attached hydrogens (primary N) is 1. The maximum Gasteiger partial charge on any atom is 0.350 e. The van der Waals surface area contributed by atoms with Crippen molar-refractivity contribution in [1.82, 2.24) is 14.3 Å². The van der Waals surface area contributed by atoms with Gasteiger partial charge in [0.05, 0.1) is 30.1 Å². The summed E-state index contributed by atoms with van der Waals surface area (Å²) in [6.07, 6.45) is 1.77. The van der Waals surface area contributed by atoms with Crippen molar-refractivity contribution in [2.24, 2.45) is 5.73 Å². The summed E-state index contributed by atoms with van der Waals surface area (Å²) in [6, 6.07) is 5.21. The molecule has 1 aromatic carbocycles. The lowest BCUT2D eigenvalue weighted by Gasteiger charge is -2.06. The Morgan fingerprint density at radius 2 is 2.27 bits per heavy atom. The number of benzene rings is 1. The van der Waals surface area contributed by atoms with E-state index in [0.717, 1.165) is 9.15 Å². The Kier molecular flexibility index (Phi) is 6.79. The number of methoxy groups -OCH3 is 1. The third kappa shape index (κ3) is 3.76. The SMILES string of the molecule is COc1cc(-n2cnn(C/C(=C/F)CN)c2=O)ccc1Br.Cl. The number of hydrogen-bond acceptors (Lipinski definition) is 4. The van der Waals surface area contributed by atoms with Gasteiger partial charge in [0.2, 0.25) is 0 Å². The van der Waals surface area contributed by atoms with Gasteiger partial charge in [-0.3, -0.25) is 0 Å². The molecule has 0 radical (unpaired) electrons. The molecular formula is C13H15BrClFN4O2.